The van der Waals surface area contributed by atoms with Crippen molar-refractivity contribution >= 4 is 15.9 Å². The van der Waals surface area contributed by atoms with Crippen LogP contribution in [0.2, 0.25) is 0 Å². The molecule has 0 atom stereocenters. The van der Waals surface area contributed by atoms with Gasteiger partial charge in [-0.15, -0.1) is 0 Å². The van der Waals surface area contributed by atoms with Crippen LogP contribution in [0, 0.1) is 17.1 Å². The molecule has 1 rings (SSSR count). The largest absolute Gasteiger partial charge is 0.490 e. The first-order valence-electron chi connectivity index (χ1n) is 5.12. The lowest BCUT2D eigenvalue weighted by molar-refractivity contribution is 0.290. The third-order valence-electron chi connectivity index (χ3n) is 2.12. The second-order valence-electron chi connectivity index (χ2n) is 3.33. The molecule has 0 unspecified atom stereocenters. The van der Waals surface area contributed by atoms with Crippen LogP contribution >= 0.6 is 15.9 Å². The number of benzene rings is 1. The van der Waals surface area contributed by atoms with Crippen molar-refractivity contribution in [1.29, 1.82) is 5.26 Å². The van der Waals surface area contributed by atoms with E-state index in [2.05, 4.69) is 22.0 Å². The molecular weight excluding hydrogens is 273 g/mol. The summed E-state index contributed by atoms with van der Waals surface area (Å²) in [5.41, 5.74) is 0.806. The van der Waals surface area contributed by atoms with Crippen molar-refractivity contribution in [1.82, 2.24) is 0 Å². The third kappa shape index (κ3) is 3.82. The van der Waals surface area contributed by atoms with E-state index >= 15 is 0 Å². The highest BCUT2D eigenvalue weighted by molar-refractivity contribution is 9.08. The van der Waals surface area contributed by atoms with Crippen molar-refractivity contribution in [2.24, 2.45) is 0 Å². The van der Waals surface area contributed by atoms with Crippen LogP contribution in [0.25, 0.3) is 0 Å². The minimum Gasteiger partial charge on any atom is -0.490 e. The van der Waals surface area contributed by atoms with Crippen LogP contribution in [0.4, 0.5) is 4.39 Å². The maximum atomic E-state index is 13.4. The smallest absolute Gasteiger partial charge is 0.165 e. The van der Waals surface area contributed by atoms with Crippen molar-refractivity contribution in [3.63, 3.8) is 0 Å². The summed E-state index contributed by atoms with van der Waals surface area (Å²) >= 11 is 3.29. The summed E-state index contributed by atoms with van der Waals surface area (Å²) in [6.45, 7) is 0.447. The van der Waals surface area contributed by atoms with Crippen molar-refractivity contribution in [3.05, 3.63) is 29.6 Å². The molecule has 0 N–H and O–H groups in total. The van der Waals surface area contributed by atoms with Crippen molar-refractivity contribution in [2.75, 3.05) is 6.61 Å². The van der Waals surface area contributed by atoms with Gasteiger partial charge in [0.1, 0.15) is 0 Å². The lowest BCUT2D eigenvalue weighted by Crippen LogP contribution is -2.01. The Balaban J connectivity index is 2.50. The topological polar surface area (TPSA) is 33.0 Å². The standard InChI is InChI=1S/C12H13BrFNO/c13-9-10-5-4-6-11(14)12(10)16-8-3-1-2-7-15/h4-6H,1-3,8-9H2. The first-order valence-corrected chi connectivity index (χ1v) is 6.25. The Morgan fingerprint density at radius 1 is 1.38 bits per heavy atom. The van der Waals surface area contributed by atoms with E-state index in [0.717, 1.165) is 18.4 Å². The fourth-order valence-corrected chi connectivity index (χ4v) is 1.74. The van der Waals surface area contributed by atoms with E-state index in [1.807, 2.05) is 6.07 Å². The molecule has 0 radical (unpaired) electrons. The fourth-order valence-electron chi connectivity index (χ4n) is 1.30. The summed E-state index contributed by atoms with van der Waals surface area (Å²) in [7, 11) is 0. The molecule has 0 saturated heterocycles. The van der Waals surface area contributed by atoms with Gasteiger partial charge >= 0.3 is 0 Å². The molecule has 1 aromatic carbocycles. The maximum absolute atomic E-state index is 13.4. The van der Waals surface area contributed by atoms with E-state index in [0.29, 0.717) is 24.1 Å². The fraction of sp³-hybridized carbons (Fsp3) is 0.417. The van der Waals surface area contributed by atoms with Gasteiger partial charge in [0.15, 0.2) is 11.6 Å². The molecule has 0 aromatic heterocycles. The molecule has 0 spiro atoms. The zero-order valence-electron chi connectivity index (χ0n) is 8.88. The van der Waals surface area contributed by atoms with Gasteiger partial charge < -0.3 is 4.74 Å². The molecule has 0 aliphatic carbocycles. The van der Waals surface area contributed by atoms with Crippen LogP contribution in [0.15, 0.2) is 18.2 Å². The summed E-state index contributed by atoms with van der Waals surface area (Å²) in [6, 6.07) is 6.93. The molecule has 2 nitrogen and oxygen atoms in total. The van der Waals surface area contributed by atoms with Crippen LogP contribution in [0.3, 0.4) is 0 Å². The Morgan fingerprint density at radius 3 is 2.88 bits per heavy atom. The number of halogens is 2. The molecule has 0 aliphatic heterocycles. The van der Waals surface area contributed by atoms with Gasteiger partial charge in [-0.2, -0.15) is 5.26 Å². The number of hydrogen-bond donors (Lipinski definition) is 0. The zero-order chi connectivity index (χ0) is 11.8. The Kier molecular flexibility index (Phi) is 5.87. The molecule has 0 amide bonds. The Bertz CT molecular complexity index is 376. The Morgan fingerprint density at radius 2 is 2.19 bits per heavy atom. The number of ether oxygens (including phenoxy) is 1. The number of nitrogens with zero attached hydrogens (tertiary/aromatic N) is 1. The summed E-state index contributed by atoms with van der Waals surface area (Å²) < 4.78 is 18.8. The zero-order valence-corrected chi connectivity index (χ0v) is 10.5. The molecule has 0 saturated carbocycles. The van der Waals surface area contributed by atoms with E-state index in [4.69, 9.17) is 10.00 Å². The lowest BCUT2D eigenvalue weighted by atomic mass is 10.2. The average molecular weight is 286 g/mol. The van der Waals surface area contributed by atoms with E-state index < -0.39 is 0 Å². The molecule has 16 heavy (non-hydrogen) atoms. The number of para-hydroxylation sites is 1. The van der Waals surface area contributed by atoms with Gasteiger partial charge in [0, 0.05) is 17.3 Å². The highest BCUT2D eigenvalue weighted by Crippen LogP contribution is 2.24. The van der Waals surface area contributed by atoms with E-state index in [-0.39, 0.29) is 5.82 Å². The van der Waals surface area contributed by atoms with Gasteiger partial charge in [-0.3, -0.25) is 0 Å². The first kappa shape index (κ1) is 13.0. The van der Waals surface area contributed by atoms with Gasteiger partial charge in [0.25, 0.3) is 0 Å². The normalized spacial score (nSPS) is 9.81. The van der Waals surface area contributed by atoms with Crippen molar-refractivity contribution in [2.45, 2.75) is 24.6 Å². The highest BCUT2D eigenvalue weighted by atomic mass is 79.9. The molecule has 1 aromatic rings. The molecule has 4 heteroatoms. The van der Waals surface area contributed by atoms with Gasteiger partial charge in [0.05, 0.1) is 12.7 Å². The number of nitriles is 1. The Hall–Kier alpha value is -1.08. The molecule has 0 heterocycles. The summed E-state index contributed by atoms with van der Waals surface area (Å²) in [6.07, 6.45) is 2.07. The van der Waals surface area contributed by atoms with E-state index in [1.54, 1.807) is 6.07 Å². The van der Waals surface area contributed by atoms with Crippen molar-refractivity contribution in [3.8, 4) is 11.8 Å². The number of rotatable bonds is 6. The van der Waals surface area contributed by atoms with E-state index in [9.17, 15) is 4.39 Å². The first-order chi connectivity index (χ1) is 7.79. The van der Waals surface area contributed by atoms with E-state index in [1.165, 1.54) is 6.07 Å². The minimum absolute atomic E-state index is 0.316. The number of alkyl halides is 1. The average Bonchev–Trinajstić information content (AvgIpc) is 2.30. The minimum atomic E-state index is -0.336. The van der Waals surface area contributed by atoms with Crippen LogP contribution < -0.4 is 4.74 Å². The van der Waals surface area contributed by atoms with Gasteiger partial charge in [-0.1, -0.05) is 28.1 Å². The molecule has 0 aliphatic rings. The summed E-state index contributed by atoms with van der Waals surface area (Å²) in [4.78, 5) is 0. The number of unbranched alkanes of at least 4 members (excludes halogenated alkanes) is 2. The predicted molar refractivity (Wildman–Crippen MR) is 64.0 cm³/mol. The predicted octanol–water partition coefficient (Wildman–Crippen LogP) is 3.79. The summed E-state index contributed by atoms with van der Waals surface area (Å²) in [5.74, 6) is -0.0198. The molecular formula is C12H13BrFNO. The second kappa shape index (κ2) is 7.24. The van der Waals surface area contributed by atoms with Crippen molar-refractivity contribution < 1.29 is 9.13 Å². The van der Waals surface area contributed by atoms with Crippen LogP contribution in [0.1, 0.15) is 24.8 Å². The number of hydrogen-bond acceptors (Lipinski definition) is 2. The van der Waals surface area contributed by atoms with Crippen LogP contribution in [0.5, 0.6) is 5.75 Å². The third-order valence-corrected chi connectivity index (χ3v) is 2.73. The molecule has 86 valence electrons. The second-order valence-corrected chi connectivity index (χ2v) is 3.89. The van der Waals surface area contributed by atoms with Gasteiger partial charge in [-0.25, -0.2) is 4.39 Å². The van der Waals surface area contributed by atoms with Gasteiger partial charge in [-0.05, 0) is 18.9 Å². The Labute approximate surface area is 103 Å². The summed E-state index contributed by atoms with van der Waals surface area (Å²) in [5, 5.41) is 8.92. The molecule has 0 fully saturated rings. The molecule has 0 bridgehead atoms. The van der Waals surface area contributed by atoms with Crippen LogP contribution in [-0.2, 0) is 5.33 Å². The highest BCUT2D eigenvalue weighted by Gasteiger charge is 2.08. The lowest BCUT2D eigenvalue weighted by Gasteiger charge is -2.10. The van der Waals surface area contributed by atoms with Crippen LogP contribution in [-0.4, -0.2) is 6.61 Å². The quantitative estimate of drug-likeness (QED) is 0.588. The monoisotopic (exact) mass is 285 g/mol. The maximum Gasteiger partial charge on any atom is 0.165 e. The SMILES string of the molecule is N#CCCCCOc1c(F)cccc1CBr. The van der Waals surface area contributed by atoms with Gasteiger partial charge in [0.2, 0.25) is 0 Å².